The van der Waals surface area contributed by atoms with E-state index in [-0.39, 0.29) is 12.7 Å². The molecule has 0 fully saturated rings. The Morgan fingerprint density at radius 3 is 2.43 bits per heavy atom. The quantitative estimate of drug-likeness (QED) is 0.702. The van der Waals surface area contributed by atoms with Gasteiger partial charge in [0.15, 0.2) is 0 Å². The summed E-state index contributed by atoms with van der Waals surface area (Å²) in [4.78, 5) is 25.8. The zero-order chi connectivity index (χ0) is 21.7. The van der Waals surface area contributed by atoms with E-state index in [1.165, 1.54) is 12.1 Å². The first-order chi connectivity index (χ1) is 14.4. The zero-order valence-corrected chi connectivity index (χ0v) is 16.6. The van der Waals surface area contributed by atoms with Crippen LogP contribution in [0.4, 0.5) is 19.3 Å². The molecule has 3 rings (SSSR count). The van der Waals surface area contributed by atoms with Crippen molar-refractivity contribution in [2.45, 2.75) is 13.3 Å². The molecule has 1 aliphatic rings. The van der Waals surface area contributed by atoms with Crippen molar-refractivity contribution in [1.29, 1.82) is 0 Å². The first kappa shape index (κ1) is 21.2. The topological polar surface area (TPSA) is 58.6 Å². The highest BCUT2D eigenvalue weighted by Gasteiger charge is 2.22. The van der Waals surface area contributed by atoms with E-state index in [1.807, 2.05) is 19.1 Å². The molecule has 1 heterocycles. The molecule has 2 amide bonds. The molecule has 156 valence electrons. The van der Waals surface area contributed by atoms with Crippen LogP contribution in [0.3, 0.4) is 0 Å². The summed E-state index contributed by atoms with van der Waals surface area (Å²) >= 11 is 0. The maximum absolute atomic E-state index is 13.8. The Labute approximate surface area is 173 Å². The molecule has 5 nitrogen and oxygen atoms in total. The second kappa shape index (κ2) is 9.35. The molecule has 0 bridgehead atoms. The number of ether oxygens (including phenoxy) is 1. The van der Waals surface area contributed by atoms with Gasteiger partial charge in [-0.05, 0) is 54.3 Å². The van der Waals surface area contributed by atoms with Gasteiger partial charge in [-0.1, -0.05) is 30.9 Å². The van der Waals surface area contributed by atoms with Crippen LogP contribution in [0.1, 0.15) is 29.3 Å². The monoisotopic (exact) mass is 412 g/mol. The van der Waals surface area contributed by atoms with Crippen LogP contribution in [-0.2, 0) is 4.74 Å². The first-order valence-electron chi connectivity index (χ1n) is 9.47. The van der Waals surface area contributed by atoms with Crippen LogP contribution in [0.15, 0.2) is 60.7 Å². The van der Waals surface area contributed by atoms with E-state index >= 15 is 0 Å². The highest BCUT2D eigenvalue weighted by molar-refractivity contribution is 6.04. The van der Waals surface area contributed by atoms with Gasteiger partial charge in [0, 0.05) is 18.8 Å². The molecule has 1 N–H and O–H groups in total. The summed E-state index contributed by atoms with van der Waals surface area (Å²) in [5.41, 5.74) is 2.93. The molecule has 30 heavy (non-hydrogen) atoms. The SMILES string of the molecule is C=CCOC(=O)N1CCC(c2ccc(NC(=O)c3c(F)cccc3F)cc2)=C(C)C1. The van der Waals surface area contributed by atoms with Gasteiger partial charge in [0.05, 0.1) is 0 Å². The van der Waals surface area contributed by atoms with Crippen molar-refractivity contribution in [2.24, 2.45) is 0 Å². The third-order valence-electron chi connectivity index (χ3n) is 4.84. The number of hydrogen-bond acceptors (Lipinski definition) is 3. The zero-order valence-electron chi connectivity index (χ0n) is 16.6. The third kappa shape index (κ3) is 4.74. The lowest BCUT2D eigenvalue weighted by Gasteiger charge is -2.29. The molecule has 7 heteroatoms. The Bertz CT molecular complexity index is 980. The van der Waals surface area contributed by atoms with Crippen LogP contribution < -0.4 is 5.32 Å². The summed E-state index contributed by atoms with van der Waals surface area (Å²) in [6.45, 7) is 6.66. The second-order valence-corrected chi connectivity index (χ2v) is 6.92. The molecule has 0 aromatic heterocycles. The van der Waals surface area contributed by atoms with Crippen LogP contribution in [0.5, 0.6) is 0 Å². The first-order valence-corrected chi connectivity index (χ1v) is 9.47. The van der Waals surface area contributed by atoms with E-state index in [1.54, 1.807) is 17.0 Å². The number of nitrogens with zero attached hydrogens (tertiary/aromatic N) is 1. The van der Waals surface area contributed by atoms with Crippen LogP contribution in [0.2, 0.25) is 0 Å². The lowest BCUT2D eigenvalue weighted by molar-refractivity contribution is 0.101. The van der Waals surface area contributed by atoms with Crippen molar-refractivity contribution in [1.82, 2.24) is 4.90 Å². The van der Waals surface area contributed by atoms with Crippen molar-refractivity contribution < 1.29 is 23.1 Å². The van der Waals surface area contributed by atoms with Gasteiger partial charge in [-0.15, -0.1) is 0 Å². The Morgan fingerprint density at radius 1 is 1.17 bits per heavy atom. The number of anilines is 1. The van der Waals surface area contributed by atoms with Gasteiger partial charge in [0.1, 0.15) is 23.8 Å². The second-order valence-electron chi connectivity index (χ2n) is 6.92. The summed E-state index contributed by atoms with van der Waals surface area (Å²) in [7, 11) is 0. The fourth-order valence-electron chi connectivity index (χ4n) is 3.35. The van der Waals surface area contributed by atoms with E-state index in [0.29, 0.717) is 25.2 Å². The minimum Gasteiger partial charge on any atom is -0.445 e. The predicted molar refractivity (Wildman–Crippen MR) is 111 cm³/mol. The molecular formula is C23H22F2N2O3. The van der Waals surface area contributed by atoms with E-state index in [9.17, 15) is 18.4 Å². The number of halogens is 2. The standard InChI is InChI=1S/C23H22F2N2O3/c1-3-13-30-23(29)27-12-11-18(15(2)14-27)16-7-9-17(10-8-16)26-22(28)21-19(24)5-4-6-20(21)25/h3-10H,1,11-14H2,2H3,(H,26,28). The van der Waals surface area contributed by atoms with E-state index in [0.717, 1.165) is 28.8 Å². The van der Waals surface area contributed by atoms with Gasteiger partial charge in [0.2, 0.25) is 0 Å². The molecule has 0 atom stereocenters. The van der Waals surface area contributed by atoms with Crippen LogP contribution in [-0.4, -0.2) is 36.6 Å². The summed E-state index contributed by atoms with van der Waals surface area (Å²) in [5.74, 6) is -2.67. The lowest BCUT2D eigenvalue weighted by atomic mass is 9.94. The minimum atomic E-state index is -0.914. The molecule has 0 aliphatic carbocycles. The van der Waals surface area contributed by atoms with Crippen LogP contribution in [0, 0.1) is 11.6 Å². The van der Waals surface area contributed by atoms with Crippen LogP contribution >= 0.6 is 0 Å². The molecule has 2 aromatic carbocycles. The van der Waals surface area contributed by atoms with Crippen molar-refractivity contribution in [3.05, 3.63) is 83.5 Å². The summed E-state index contributed by atoms with van der Waals surface area (Å²) in [5, 5.41) is 2.51. The van der Waals surface area contributed by atoms with Crippen LogP contribution in [0.25, 0.3) is 5.57 Å². The van der Waals surface area contributed by atoms with Gasteiger partial charge >= 0.3 is 6.09 Å². The van der Waals surface area contributed by atoms with Gasteiger partial charge in [-0.2, -0.15) is 0 Å². The fraction of sp³-hybridized carbons (Fsp3) is 0.217. The molecular weight excluding hydrogens is 390 g/mol. The predicted octanol–water partition coefficient (Wildman–Crippen LogP) is 5.02. The number of carbonyl (C=O) groups is 2. The van der Waals surface area contributed by atoms with Crippen molar-refractivity contribution >= 4 is 23.3 Å². The average Bonchev–Trinajstić information content (AvgIpc) is 2.72. The number of hydrogen-bond donors (Lipinski definition) is 1. The van der Waals surface area contributed by atoms with E-state index < -0.39 is 23.1 Å². The maximum Gasteiger partial charge on any atom is 0.410 e. The molecule has 2 aromatic rings. The van der Waals surface area contributed by atoms with Gasteiger partial charge in [0.25, 0.3) is 5.91 Å². The average molecular weight is 412 g/mol. The fourth-order valence-corrected chi connectivity index (χ4v) is 3.35. The van der Waals surface area contributed by atoms with Gasteiger partial charge < -0.3 is 15.0 Å². The molecule has 0 radical (unpaired) electrons. The normalized spacial score (nSPS) is 13.8. The smallest absolute Gasteiger partial charge is 0.410 e. The Hall–Kier alpha value is -3.48. The third-order valence-corrected chi connectivity index (χ3v) is 4.84. The highest BCUT2D eigenvalue weighted by Crippen LogP contribution is 2.28. The Kier molecular flexibility index (Phi) is 6.61. The number of benzene rings is 2. The summed E-state index contributed by atoms with van der Waals surface area (Å²) in [6.07, 6.45) is 1.82. The molecule has 0 saturated heterocycles. The minimum absolute atomic E-state index is 0.176. The number of amides is 2. The van der Waals surface area contributed by atoms with Crippen molar-refractivity contribution in [3.63, 3.8) is 0 Å². The lowest BCUT2D eigenvalue weighted by Crippen LogP contribution is -2.36. The Morgan fingerprint density at radius 2 is 1.83 bits per heavy atom. The summed E-state index contributed by atoms with van der Waals surface area (Å²) < 4.78 is 32.6. The molecule has 1 aliphatic heterocycles. The highest BCUT2D eigenvalue weighted by atomic mass is 19.1. The van der Waals surface area contributed by atoms with Crippen molar-refractivity contribution in [3.8, 4) is 0 Å². The number of nitrogens with one attached hydrogen (secondary N) is 1. The Balaban J connectivity index is 1.69. The van der Waals surface area contributed by atoms with Gasteiger partial charge in [-0.25, -0.2) is 13.6 Å². The molecule has 0 unspecified atom stereocenters. The van der Waals surface area contributed by atoms with Gasteiger partial charge in [-0.3, -0.25) is 4.79 Å². The van der Waals surface area contributed by atoms with Crippen molar-refractivity contribution in [2.75, 3.05) is 25.0 Å². The molecule has 0 saturated carbocycles. The molecule has 0 spiro atoms. The van der Waals surface area contributed by atoms with E-state index in [4.69, 9.17) is 4.74 Å². The summed E-state index contributed by atoms with van der Waals surface area (Å²) in [6, 6.07) is 10.3. The maximum atomic E-state index is 13.8. The largest absolute Gasteiger partial charge is 0.445 e. The van der Waals surface area contributed by atoms with E-state index in [2.05, 4.69) is 11.9 Å². The number of carbonyl (C=O) groups excluding carboxylic acids is 2. The number of rotatable bonds is 5.